The Balaban J connectivity index is 1.55. The minimum atomic E-state index is -0.256. The highest BCUT2D eigenvalue weighted by molar-refractivity contribution is 6.13. The second-order valence-corrected chi connectivity index (χ2v) is 9.43. The third-order valence-corrected chi connectivity index (χ3v) is 5.94. The Labute approximate surface area is 222 Å². The number of carbonyl (C=O) groups excluding carboxylic acids is 2. The van der Waals surface area contributed by atoms with Crippen LogP contribution in [0.3, 0.4) is 0 Å². The summed E-state index contributed by atoms with van der Waals surface area (Å²) in [7, 11) is 3.84. The maximum absolute atomic E-state index is 13.5. The van der Waals surface area contributed by atoms with Crippen LogP contribution < -0.4 is 10.6 Å². The van der Waals surface area contributed by atoms with Gasteiger partial charge in [-0.3, -0.25) is 14.6 Å². The third kappa shape index (κ3) is 6.31. The normalized spacial score (nSPS) is 10.9. The molecule has 7 nitrogen and oxygen atoms in total. The maximum Gasteiger partial charge on any atom is 0.256 e. The topological polar surface area (TPSA) is 87.2 Å². The van der Waals surface area contributed by atoms with Crippen molar-refractivity contribution >= 4 is 28.4 Å². The van der Waals surface area contributed by atoms with Crippen molar-refractivity contribution in [3.63, 3.8) is 0 Å². The van der Waals surface area contributed by atoms with Crippen LogP contribution in [-0.4, -0.2) is 47.3 Å². The monoisotopic (exact) mass is 505 g/mol. The van der Waals surface area contributed by atoms with Crippen LogP contribution in [0, 0.1) is 13.8 Å². The molecule has 0 spiro atoms. The third-order valence-electron chi connectivity index (χ3n) is 5.94. The van der Waals surface area contributed by atoms with E-state index in [1.807, 2.05) is 63.3 Å². The summed E-state index contributed by atoms with van der Waals surface area (Å²) in [5.41, 5.74) is 6.72. The zero-order valence-corrected chi connectivity index (χ0v) is 22.1. The molecule has 2 aromatic heterocycles. The molecule has 2 aromatic carbocycles. The van der Waals surface area contributed by atoms with Gasteiger partial charge in [-0.1, -0.05) is 18.2 Å². The molecule has 0 unspecified atom stereocenters. The van der Waals surface area contributed by atoms with Gasteiger partial charge in [-0.15, -0.1) is 0 Å². The molecule has 7 heteroatoms. The number of nitrogens with zero attached hydrogens (tertiary/aromatic N) is 3. The summed E-state index contributed by atoms with van der Waals surface area (Å²) < 4.78 is 0. The van der Waals surface area contributed by atoms with E-state index in [9.17, 15) is 9.59 Å². The highest BCUT2D eigenvalue weighted by Crippen LogP contribution is 2.28. The van der Waals surface area contributed by atoms with Crippen molar-refractivity contribution in [3.8, 4) is 11.3 Å². The summed E-state index contributed by atoms with van der Waals surface area (Å²) in [6.45, 7) is 8.28. The van der Waals surface area contributed by atoms with E-state index in [0.29, 0.717) is 29.1 Å². The molecular weight excluding hydrogens is 474 g/mol. The molecule has 2 heterocycles. The number of rotatable bonds is 8. The van der Waals surface area contributed by atoms with Crippen molar-refractivity contribution in [2.24, 2.45) is 0 Å². The van der Waals surface area contributed by atoms with E-state index in [4.69, 9.17) is 4.98 Å². The minimum Gasteiger partial charge on any atom is -0.383 e. The van der Waals surface area contributed by atoms with Gasteiger partial charge in [-0.25, -0.2) is 4.98 Å². The number of amides is 2. The van der Waals surface area contributed by atoms with E-state index >= 15 is 0 Å². The lowest BCUT2D eigenvalue weighted by molar-refractivity contribution is 0.0956. The molecule has 0 radical (unpaired) electrons. The lowest BCUT2D eigenvalue weighted by Gasteiger charge is -2.13. The molecule has 4 rings (SSSR count). The van der Waals surface area contributed by atoms with Gasteiger partial charge in [0, 0.05) is 55.2 Å². The fourth-order valence-corrected chi connectivity index (χ4v) is 4.04. The Morgan fingerprint density at radius 3 is 2.47 bits per heavy atom. The van der Waals surface area contributed by atoms with Crippen LogP contribution in [-0.2, 0) is 0 Å². The van der Waals surface area contributed by atoms with Crippen molar-refractivity contribution in [3.05, 3.63) is 114 Å². The molecule has 0 saturated heterocycles. The molecule has 38 heavy (non-hydrogen) atoms. The summed E-state index contributed by atoms with van der Waals surface area (Å²) in [5, 5.41) is 6.61. The number of aryl methyl sites for hydroxylation is 2. The van der Waals surface area contributed by atoms with Gasteiger partial charge in [0.1, 0.15) is 0 Å². The number of hydrogen-bond acceptors (Lipinski definition) is 5. The van der Waals surface area contributed by atoms with Gasteiger partial charge < -0.3 is 15.5 Å². The number of fused-ring (bicyclic) bond motifs is 1. The number of benzene rings is 2. The summed E-state index contributed by atoms with van der Waals surface area (Å²) in [6.07, 6.45) is 7.16. The Morgan fingerprint density at radius 1 is 1.03 bits per heavy atom. The largest absolute Gasteiger partial charge is 0.383 e. The van der Waals surface area contributed by atoms with Crippen LogP contribution in [0.2, 0.25) is 0 Å². The quantitative estimate of drug-likeness (QED) is 0.308. The first-order valence-electron chi connectivity index (χ1n) is 12.3. The van der Waals surface area contributed by atoms with Gasteiger partial charge >= 0.3 is 0 Å². The first kappa shape index (κ1) is 26.3. The fraction of sp³-hybridized carbons (Fsp3) is 0.161. The van der Waals surface area contributed by atoms with Crippen LogP contribution in [0.1, 0.15) is 31.8 Å². The second-order valence-electron chi connectivity index (χ2n) is 9.43. The molecule has 0 fully saturated rings. The van der Waals surface area contributed by atoms with Crippen LogP contribution in [0.25, 0.3) is 22.2 Å². The molecule has 2 N–H and O–H groups in total. The molecule has 0 saturated carbocycles. The van der Waals surface area contributed by atoms with Crippen molar-refractivity contribution in [2.45, 2.75) is 13.8 Å². The average Bonchev–Trinajstić information content (AvgIpc) is 2.91. The van der Waals surface area contributed by atoms with Crippen molar-refractivity contribution in [1.29, 1.82) is 0 Å². The smallest absolute Gasteiger partial charge is 0.256 e. The first-order valence-corrected chi connectivity index (χ1v) is 12.3. The lowest BCUT2D eigenvalue weighted by atomic mass is 9.99. The highest BCUT2D eigenvalue weighted by Gasteiger charge is 2.16. The zero-order chi connectivity index (χ0) is 27.2. The number of nitrogens with one attached hydrogen (secondary N) is 2. The Bertz CT molecular complexity index is 1520. The van der Waals surface area contributed by atoms with Crippen molar-refractivity contribution in [1.82, 2.24) is 20.2 Å². The van der Waals surface area contributed by atoms with E-state index in [0.717, 1.165) is 33.2 Å². The summed E-state index contributed by atoms with van der Waals surface area (Å²) in [5.74, 6) is -0.469. The molecule has 0 bridgehead atoms. The predicted molar refractivity (Wildman–Crippen MR) is 153 cm³/mol. The van der Waals surface area contributed by atoms with Crippen molar-refractivity contribution in [2.75, 3.05) is 26.0 Å². The predicted octanol–water partition coefficient (Wildman–Crippen LogP) is 5.53. The summed E-state index contributed by atoms with van der Waals surface area (Å²) >= 11 is 0. The Kier molecular flexibility index (Phi) is 7.97. The SMILES string of the molecule is C=C(/C=C\N(C)C)CNC(=O)c1ccc(NC(=O)c2cc(-c3cccnc3)nc3c(C)cc(C)cc23)cc1. The van der Waals surface area contributed by atoms with E-state index in [2.05, 4.69) is 28.3 Å². The summed E-state index contributed by atoms with van der Waals surface area (Å²) in [6, 6.07) is 16.4. The van der Waals surface area contributed by atoms with Crippen LogP contribution in [0.15, 0.2) is 91.4 Å². The van der Waals surface area contributed by atoms with Gasteiger partial charge in [0.25, 0.3) is 11.8 Å². The molecule has 192 valence electrons. The molecule has 2 amide bonds. The standard InChI is InChI=1S/C31H31N5O2/c1-20(12-14-36(4)5)18-33-30(37)23-8-10-25(11-9-23)34-31(38)27-17-28(24-7-6-13-32-19-24)35-29-22(3)15-21(2)16-26(27)29/h6-17,19H,1,18H2,2-5H3,(H,33,37)(H,34,38)/b14-12-. The fourth-order valence-electron chi connectivity index (χ4n) is 4.04. The Morgan fingerprint density at radius 2 is 1.79 bits per heavy atom. The molecule has 4 aromatic rings. The van der Waals surface area contributed by atoms with E-state index in [-0.39, 0.29) is 11.8 Å². The van der Waals surface area contributed by atoms with Gasteiger partial charge in [0.05, 0.1) is 16.8 Å². The molecule has 0 atom stereocenters. The lowest BCUT2D eigenvalue weighted by Crippen LogP contribution is -2.25. The number of pyridine rings is 2. The highest BCUT2D eigenvalue weighted by atomic mass is 16.2. The molecule has 0 aliphatic rings. The second kappa shape index (κ2) is 11.5. The Hall–Kier alpha value is -4.78. The van der Waals surface area contributed by atoms with E-state index < -0.39 is 0 Å². The van der Waals surface area contributed by atoms with Gasteiger partial charge in [-0.2, -0.15) is 0 Å². The van der Waals surface area contributed by atoms with Crippen LogP contribution in [0.4, 0.5) is 5.69 Å². The van der Waals surface area contributed by atoms with Gasteiger partial charge in [0.15, 0.2) is 0 Å². The van der Waals surface area contributed by atoms with Crippen molar-refractivity contribution < 1.29 is 9.59 Å². The van der Waals surface area contributed by atoms with Gasteiger partial charge in [-0.05, 0) is 85.8 Å². The molecular formula is C31H31N5O2. The first-order chi connectivity index (χ1) is 18.2. The molecule has 0 aliphatic carbocycles. The summed E-state index contributed by atoms with van der Waals surface area (Å²) in [4.78, 5) is 37.0. The number of hydrogen-bond donors (Lipinski definition) is 2. The minimum absolute atomic E-state index is 0.213. The molecule has 0 aliphatic heterocycles. The van der Waals surface area contributed by atoms with E-state index in [1.54, 1.807) is 42.7 Å². The average molecular weight is 506 g/mol. The van der Waals surface area contributed by atoms with E-state index in [1.165, 1.54) is 0 Å². The number of carbonyl (C=O) groups is 2. The number of anilines is 1. The van der Waals surface area contributed by atoms with Crippen LogP contribution >= 0.6 is 0 Å². The zero-order valence-electron chi connectivity index (χ0n) is 22.1. The number of aromatic nitrogens is 2. The maximum atomic E-state index is 13.5. The van der Waals surface area contributed by atoms with Crippen LogP contribution in [0.5, 0.6) is 0 Å². The van der Waals surface area contributed by atoms with Gasteiger partial charge in [0.2, 0.25) is 0 Å².